The van der Waals surface area contributed by atoms with E-state index in [2.05, 4.69) is 26.2 Å². The zero-order valence-electron chi connectivity index (χ0n) is 10.4. The fourth-order valence-corrected chi connectivity index (χ4v) is 2.40. The molecule has 0 aliphatic heterocycles. The van der Waals surface area contributed by atoms with Crippen LogP contribution in [0.4, 0.5) is 17.1 Å². The van der Waals surface area contributed by atoms with Gasteiger partial charge in [-0.3, -0.25) is 0 Å². The molecule has 2 aromatic carbocycles. The van der Waals surface area contributed by atoms with Crippen LogP contribution in [-0.2, 0) is 7.05 Å². The van der Waals surface area contributed by atoms with Gasteiger partial charge >= 0.3 is 0 Å². The molecule has 96 valence electrons. The van der Waals surface area contributed by atoms with Crippen LogP contribution in [0.15, 0.2) is 47.2 Å². The molecule has 1 aromatic heterocycles. The van der Waals surface area contributed by atoms with E-state index in [-0.39, 0.29) is 0 Å². The number of nitrogens with two attached hydrogens (primary N) is 1. The predicted octanol–water partition coefficient (Wildman–Crippen LogP) is 3.66. The van der Waals surface area contributed by atoms with Crippen molar-refractivity contribution >= 4 is 44.0 Å². The maximum absolute atomic E-state index is 5.97. The highest BCUT2D eigenvalue weighted by Crippen LogP contribution is 2.27. The van der Waals surface area contributed by atoms with Crippen LogP contribution in [0.25, 0.3) is 11.0 Å². The molecular formula is C14H13BrN4. The van der Waals surface area contributed by atoms with Gasteiger partial charge in [0.05, 0.1) is 28.7 Å². The Kier molecular flexibility index (Phi) is 2.91. The van der Waals surface area contributed by atoms with Gasteiger partial charge in [0.25, 0.3) is 0 Å². The van der Waals surface area contributed by atoms with E-state index in [0.717, 1.165) is 26.9 Å². The summed E-state index contributed by atoms with van der Waals surface area (Å²) in [6.07, 6.45) is 1.81. The minimum absolute atomic E-state index is 0.704. The van der Waals surface area contributed by atoms with E-state index >= 15 is 0 Å². The topological polar surface area (TPSA) is 55.9 Å². The molecule has 0 spiro atoms. The van der Waals surface area contributed by atoms with Crippen molar-refractivity contribution in [1.29, 1.82) is 0 Å². The van der Waals surface area contributed by atoms with Crippen LogP contribution in [0.5, 0.6) is 0 Å². The summed E-state index contributed by atoms with van der Waals surface area (Å²) in [5.74, 6) is 0. The first-order chi connectivity index (χ1) is 9.13. The maximum atomic E-state index is 5.97. The lowest BCUT2D eigenvalue weighted by atomic mass is 10.2. The molecule has 5 heteroatoms. The van der Waals surface area contributed by atoms with Crippen molar-refractivity contribution in [3.63, 3.8) is 0 Å². The molecule has 3 N–H and O–H groups in total. The second kappa shape index (κ2) is 4.59. The number of fused-ring (bicyclic) bond motifs is 1. The lowest BCUT2D eigenvalue weighted by Crippen LogP contribution is -1.96. The first-order valence-electron chi connectivity index (χ1n) is 5.86. The highest BCUT2D eigenvalue weighted by atomic mass is 79.9. The lowest BCUT2D eigenvalue weighted by molar-refractivity contribution is 0.948. The van der Waals surface area contributed by atoms with Crippen molar-refractivity contribution in [2.45, 2.75) is 0 Å². The zero-order valence-corrected chi connectivity index (χ0v) is 12.0. The Hall–Kier alpha value is -2.01. The number of rotatable bonds is 2. The zero-order chi connectivity index (χ0) is 13.4. The van der Waals surface area contributed by atoms with Crippen LogP contribution in [-0.4, -0.2) is 9.55 Å². The number of nitrogen functional groups attached to an aromatic ring is 1. The molecule has 0 saturated carbocycles. The number of aromatic nitrogens is 2. The summed E-state index contributed by atoms with van der Waals surface area (Å²) < 4.78 is 2.96. The number of hydrogen-bond acceptors (Lipinski definition) is 3. The highest BCUT2D eigenvalue weighted by molar-refractivity contribution is 9.10. The minimum Gasteiger partial charge on any atom is -0.397 e. The van der Waals surface area contributed by atoms with Crippen LogP contribution >= 0.6 is 15.9 Å². The molecule has 0 amide bonds. The summed E-state index contributed by atoms with van der Waals surface area (Å²) in [7, 11) is 1.98. The quantitative estimate of drug-likeness (QED) is 0.709. The summed E-state index contributed by atoms with van der Waals surface area (Å²) in [5.41, 5.74) is 10.6. The van der Waals surface area contributed by atoms with Crippen LogP contribution < -0.4 is 11.1 Å². The molecule has 0 saturated heterocycles. The molecule has 0 fully saturated rings. The highest BCUT2D eigenvalue weighted by Gasteiger charge is 2.03. The van der Waals surface area contributed by atoms with E-state index in [4.69, 9.17) is 5.73 Å². The number of hydrogen-bond donors (Lipinski definition) is 2. The van der Waals surface area contributed by atoms with E-state index in [0.29, 0.717) is 5.69 Å². The molecule has 0 bridgehead atoms. The number of benzene rings is 2. The fourth-order valence-electron chi connectivity index (χ4n) is 2.02. The Morgan fingerprint density at radius 3 is 2.84 bits per heavy atom. The normalized spacial score (nSPS) is 10.8. The van der Waals surface area contributed by atoms with E-state index in [1.807, 2.05) is 54.3 Å². The molecule has 0 radical (unpaired) electrons. The number of aryl methyl sites for hydroxylation is 1. The van der Waals surface area contributed by atoms with Crippen LogP contribution in [0.2, 0.25) is 0 Å². The van der Waals surface area contributed by atoms with Crippen LogP contribution in [0.3, 0.4) is 0 Å². The Labute approximate surface area is 119 Å². The summed E-state index contributed by atoms with van der Waals surface area (Å²) in [4.78, 5) is 4.34. The summed E-state index contributed by atoms with van der Waals surface area (Å²) >= 11 is 3.40. The van der Waals surface area contributed by atoms with Gasteiger partial charge in [0, 0.05) is 17.2 Å². The minimum atomic E-state index is 0.704. The van der Waals surface area contributed by atoms with Crippen molar-refractivity contribution in [2.75, 3.05) is 11.1 Å². The van der Waals surface area contributed by atoms with E-state index in [1.54, 1.807) is 0 Å². The van der Waals surface area contributed by atoms with Crippen molar-refractivity contribution in [3.8, 4) is 0 Å². The molecule has 1 heterocycles. The van der Waals surface area contributed by atoms with Crippen molar-refractivity contribution < 1.29 is 0 Å². The van der Waals surface area contributed by atoms with Gasteiger partial charge in [-0.1, -0.05) is 15.9 Å². The Morgan fingerprint density at radius 2 is 2.05 bits per heavy atom. The van der Waals surface area contributed by atoms with Gasteiger partial charge in [0.2, 0.25) is 0 Å². The van der Waals surface area contributed by atoms with E-state index < -0.39 is 0 Å². The second-order valence-electron chi connectivity index (χ2n) is 4.42. The summed E-state index contributed by atoms with van der Waals surface area (Å²) in [5, 5.41) is 3.31. The molecule has 0 atom stereocenters. The number of nitrogens with zero attached hydrogens (tertiary/aromatic N) is 2. The maximum Gasteiger partial charge on any atom is 0.0955 e. The Balaban J connectivity index is 1.96. The van der Waals surface area contributed by atoms with Gasteiger partial charge < -0.3 is 15.6 Å². The third-order valence-corrected chi connectivity index (χ3v) is 3.51. The van der Waals surface area contributed by atoms with Gasteiger partial charge in [-0.2, -0.15) is 0 Å². The molecule has 4 nitrogen and oxygen atoms in total. The van der Waals surface area contributed by atoms with E-state index in [1.165, 1.54) is 0 Å². The number of nitrogens with one attached hydrogen (secondary N) is 1. The molecule has 3 rings (SSSR count). The number of anilines is 3. The molecule has 0 aliphatic carbocycles. The SMILES string of the molecule is Cn1cnc2cc(Nc3ccc(Br)cc3N)ccc21. The third-order valence-electron chi connectivity index (χ3n) is 3.02. The molecule has 19 heavy (non-hydrogen) atoms. The number of halogens is 1. The molecular weight excluding hydrogens is 304 g/mol. The first-order valence-corrected chi connectivity index (χ1v) is 6.66. The average molecular weight is 317 g/mol. The second-order valence-corrected chi connectivity index (χ2v) is 5.33. The van der Waals surface area contributed by atoms with Crippen LogP contribution in [0.1, 0.15) is 0 Å². The Bertz CT molecular complexity index is 748. The smallest absolute Gasteiger partial charge is 0.0955 e. The largest absolute Gasteiger partial charge is 0.397 e. The van der Waals surface area contributed by atoms with Gasteiger partial charge in [-0.25, -0.2) is 4.98 Å². The van der Waals surface area contributed by atoms with Crippen molar-refractivity contribution in [3.05, 3.63) is 47.2 Å². The number of imidazole rings is 1. The third kappa shape index (κ3) is 2.29. The van der Waals surface area contributed by atoms with Crippen LogP contribution in [0, 0.1) is 0 Å². The molecule has 3 aromatic rings. The molecule has 0 unspecified atom stereocenters. The predicted molar refractivity (Wildman–Crippen MR) is 82.6 cm³/mol. The summed E-state index contributed by atoms with van der Waals surface area (Å²) in [6.45, 7) is 0. The Morgan fingerprint density at radius 1 is 1.21 bits per heavy atom. The van der Waals surface area contributed by atoms with Gasteiger partial charge in [-0.15, -0.1) is 0 Å². The van der Waals surface area contributed by atoms with Gasteiger partial charge in [0.1, 0.15) is 0 Å². The van der Waals surface area contributed by atoms with E-state index in [9.17, 15) is 0 Å². The first kappa shape index (κ1) is 12.0. The monoisotopic (exact) mass is 316 g/mol. The van der Waals surface area contributed by atoms with Crippen molar-refractivity contribution in [2.24, 2.45) is 7.05 Å². The average Bonchev–Trinajstić information content (AvgIpc) is 2.74. The lowest BCUT2D eigenvalue weighted by Gasteiger charge is -2.09. The van der Waals surface area contributed by atoms with Gasteiger partial charge in [0.15, 0.2) is 0 Å². The standard InChI is InChI=1S/C14H13BrN4/c1-19-8-17-13-7-10(3-5-14(13)19)18-12-4-2-9(15)6-11(12)16/h2-8,18H,16H2,1H3. The fraction of sp³-hybridized carbons (Fsp3) is 0.0714. The van der Waals surface area contributed by atoms with Gasteiger partial charge in [-0.05, 0) is 36.4 Å². The molecule has 0 aliphatic rings. The van der Waals surface area contributed by atoms with Crippen molar-refractivity contribution in [1.82, 2.24) is 9.55 Å². The summed E-state index contributed by atoms with van der Waals surface area (Å²) in [6, 6.07) is 11.9.